The first-order valence-corrected chi connectivity index (χ1v) is 4.30. The molecular formula is C10H10F3N. The molecule has 2 N–H and O–H groups in total. The van der Waals surface area contributed by atoms with Gasteiger partial charge in [-0.15, -0.1) is 0 Å². The normalized spacial score (nSPS) is 28.9. The molecule has 1 aromatic rings. The van der Waals surface area contributed by atoms with Gasteiger partial charge in [-0.05, 0) is 24.1 Å². The van der Waals surface area contributed by atoms with Crippen molar-refractivity contribution in [2.75, 3.05) is 0 Å². The van der Waals surface area contributed by atoms with Crippen LogP contribution in [0, 0.1) is 12.7 Å². The fraction of sp³-hybridized carbons (Fsp3) is 0.400. The molecule has 0 spiro atoms. The van der Waals surface area contributed by atoms with Gasteiger partial charge >= 0.3 is 0 Å². The average Bonchev–Trinajstić information content (AvgIpc) is 2.58. The lowest BCUT2D eigenvalue weighted by molar-refractivity contribution is 0.0890. The highest BCUT2D eigenvalue weighted by molar-refractivity contribution is 5.37. The van der Waals surface area contributed by atoms with E-state index >= 15 is 0 Å². The third-order valence-corrected chi connectivity index (χ3v) is 2.72. The van der Waals surface area contributed by atoms with Crippen LogP contribution in [0.2, 0.25) is 0 Å². The molecule has 1 aliphatic rings. The Bertz CT molecular complexity index is 389. The van der Waals surface area contributed by atoms with E-state index in [0.29, 0.717) is 5.56 Å². The standard InChI is InChI=1S/C10H10F3N/c1-6-2-3-7(4-8(6)11)9(14)5-10(9,12)13/h2-4H,5,14H2,1H3. The summed E-state index contributed by atoms with van der Waals surface area (Å²) in [6, 6.07) is 4.02. The molecule has 0 radical (unpaired) electrons. The Labute approximate surface area is 79.7 Å². The molecule has 0 aromatic heterocycles. The number of halogens is 3. The monoisotopic (exact) mass is 201 g/mol. The molecule has 0 amide bonds. The molecule has 0 bridgehead atoms. The van der Waals surface area contributed by atoms with Gasteiger partial charge < -0.3 is 5.73 Å². The van der Waals surface area contributed by atoms with Gasteiger partial charge in [-0.1, -0.05) is 12.1 Å². The Morgan fingerprint density at radius 1 is 1.36 bits per heavy atom. The zero-order valence-corrected chi connectivity index (χ0v) is 7.65. The molecule has 0 aliphatic heterocycles. The van der Waals surface area contributed by atoms with E-state index in [1.165, 1.54) is 12.1 Å². The number of hydrogen-bond acceptors (Lipinski definition) is 1. The third-order valence-electron chi connectivity index (χ3n) is 2.72. The van der Waals surface area contributed by atoms with E-state index in [9.17, 15) is 13.2 Å². The van der Waals surface area contributed by atoms with Gasteiger partial charge in [0.15, 0.2) is 0 Å². The van der Waals surface area contributed by atoms with Crippen LogP contribution < -0.4 is 5.73 Å². The predicted octanol–water partition coefficient (Wildman–Crippen LogP) is 2.33. The number of nitrogens with two attached hydrogens (primary N) is 1. The fourth-order valence-electron chi connectivity index (χ4n) is 1.49. The average molecular weight is 201 g/mol. The largest absolute Gasteiger partial charge is 0.316 e. The molecule has 1 saturated carbocycles. The minimum absolute atomic E-state index is 0.172. The number of rotatable bonds is 1. The van der Waals surface area contributed by atoms with Gasteiger partial charge in [0, 0.05) is 6.42 Å². The van der Waals surface area contributed by atoms with Crippen molar-refractivity contribution in [2.45, 2.75) is 24.8 Å². The number of aryl methyl sites for hydroxylation is 1. The molecule has 1 atom stereocenters. The minimum Gasteiger partial charge on any atom is -0.316 e. The maximum absolute atomic E-state index is 13.1. The molecule has 14 heavy (non-hydrogen) atoms. The lowest BCUT2D eigenvalue weighted by atomic mass is 10.0. The van der Waals surface area contributed by atoms with Gasteiger partial charge in [0.25, 0.3) is 5.92 Å². The van der Waals surface area contributed by atoms with Crippen molar-refractivity contribution >= 4 is 0 Å². The van der Waals surface area contributed by atoms with Crippen LogP contribution in [0.15, 0.2) is 18.2 Å². The molecule has 4 heteroatoms. The van der Waals surface area contributed by atoms with Crippen molar-refractivity contribution in [3.05, 3.63) is 35.1 Å². The molecule has 1 aromatic carbocycles. The van der Waals surface area contributed by atoms with E-state index in [1.54, 1.807) is 6.92 Å². The van der Waals surface area contributed by atoms with Crippen LogP contribution in [-0.4, -0.2) is 5.92 Å². The fourth-order valence-corrected chi connectivity index (χ4v) is 1.49. The van der Waals surface area contributed by atoms with Crippen molar-refractivity contribution in [2.24, 2.45) is 5.73 Å². The summed E-state index contributed by atoms with van der Waals surface area (Å²) >= 11 is 0. The summed E-state index contributed by atoms with van der Waals surface area (Å²) in [5.41, 5.74) is 4.40. The van der Waals surface area contributed by atoms with E-state index in [4.69, 9.17) is 5.73 Å². The summed E-state index contributed by atoms with van der Waals surface area (Å²) in [4.78, 5) is 0. The molecule has 76 valence electrons. The van der Waals surface area contributed by atoms with Crippen LogP contribution in [0.1, 0.15) is 17.5 Å². The van der Waals surface area contributed by atoms with E-state index in [1.807, 2.05) is 0 Å². The molecule has 1 unspecified atom stereocenters. The van der Waals surface area contributed by atoms with E-state index in [-0.39, 0.29) is 5.56 Å². The van der Waals surface area contributed by atoms with Crippen LogP contribution in [0.5, 0.6) is 0 Å². The van der Waals surface area contributed by atoms with Crippen LogP contribution >= 0.6 is 0 Å². The Hall–Kier alpha value is -1.03. The smallest absolute Gasteiger partial charge is 0.272 e. The second-order valence-corrected chi connectivity index (χ2v) is 3.82. The summed E-state index contributed by atoms with van der Waals surface area (Å²) in [5, 5.41) is 0. The SMILES string of the molecule is Cc1ccc(C2(N)CC2(F)F)cc1F. The van der Waals surface area contributed by atoms with Gasteiger partial charge in [-0.25, -0.2) is 13.2 Å². The van der Waals surface area contributed by atoms with E-state index in [0.717, 1.165) is 6.07 Å². The summed E-state index contributed by atoms with van der Waals surface area (Å²) in [6.07, 6.45) is -0.400. The summed E-state index contributed by atoms with van der Waals surface area (Å²) < 4.78 is 38.8. The first-order chi connectivity index (χ1) is 6.37. The van der Waals surface area contributed by atoms with Crippen LogP contribution in [0.3, 0.4) is 0 Å². The molecular weight excluding hydrogens is 191 g/mol. The van der Waals surface area contributed by atoms with Crippen molar-refractivity contribution in [3.63, 3.8) is 0 Å². The molecule has 1 aliphatic carbocycles. The highest BCUT2D eigenvalue weighted by Crippen LogP contribution is 2.57. The van der Waals surface area contributed by atoms with E-state index < -0.39 is 23.7 Å². The van der Waals surface area contributed by atoms with Crippen molar-refractivity contribution in [1.29, 1.82) is 0 Å². The van der Waals surface area contributed by atoms with Crippen LogP contribution in [0.4, 0.5) is 13.2 Å². The number of alkyl halides is 2. The molecule has 1 fully saturated rings. The Kier molecular flexibility index (Phi) is 1.71. The Morgan fingerprint density at radius 2 is 1.93 bits per heavy atom. The summed E-state index contributed by atoms with van der Waals surface area (Å²) in [5.74, 6) is -3.38. The second kappa shape index (κ2) is 2.51. The van der Waals surface area contributed by atoms with Crippen LogP contribution in [0.25, 0.3) is 0 Å². The van der Waals surface area contributed by atoms with Gasteiger partial charge in [-0.2, -0.15) is 0 Å². The van der Waals surface area contributed by atoms with E-state index in [2.05, 4.69) is 0 Å². The summed E-state index contributed by atoms with van der Waals surface area (Å²) in [6.45, 7) is 1.58. The zero-order valence-electron chi connectivity index (χ0n) is 7.65. The number of benzene rings is 1. The predicted molar refractivity (Wildman–Crippen MR) is 46.6 cm³/mol. The van der Waals surface area contributed by atoms with Crippen molar-refractivity contribution in [3.8, 4) is 0 Å². The lowest BCUT2D eigenvalue weighted by Crippen LogP contribution is -2.27. The highest BCUT2D eigenvalue weighted by Gasteiger charge is 2.69. The van der Waals surface area contributed by atoms with Gasteiger partial charge in [0.05, 0.1) is 0 Å². The van der Waals surface area contributed by atoms with Crippen molar-refractivity contribution in [1.82, 2.24) is 0 Å². The molecule has 1 nitrogen and oxygen atoms in total. The quantitative estimate of drug-likeness (QED) is 0.741. The van der Waals surface area contributed by atoms with Crippen molar-refractivity contribution < 1.29 is 13.2 Å². The number of hydrogen-bond donors (Lipinski definition) is 1. The molecule has 0 saturated heterocycles. The highest BCUT2D eigenvalue weighted by atomic mass is 19.3. The second-order valence-electron chi connectivity index (χ2n) is 3.82. The first-order valence-electron chi connectivity index (χ1n) is 4.30. The topological polar surface area (TPSA) is 26.0 Å². The first kappa shape index (κ1) is 9.52. The third kappa shape index (κ3) is 1.14. The Morgan fingerprint density at radius 3 is 2.36 bits per heavy atom. The van der Waals surface area contributed by atoms with Gasteiger partial charge in [-0.3, -0.25) is 0 Å². The lowest BCUT2D eigenvalue weighted by Gasteiger charge is -2.11. The minimum atomic E-state index is -2.89. The molecule has 2 rings (SSSR count). The molecule has 0 heterocycles. The van der Waals surface area contributed by atoms with Crippen LogP contribution in [-0.2, 0) is 5.54 Å². The van der Waals surface area contributed by atoms with Gasteiger partial charge in [0.1, 0.15) is 11.4 Å². The zero-order chi connectivity index (χ0) is 10.6. The maximum atomic E-state index is 13.1. The summed E-state index contributed by atoms with van der Waals surface area (Å²) in [7, 11) is 0. The Balaban J connectivity index is 2.40. The maximum Gasteiger partial charge on any atom is 0.272 e. The van der Waals surface area contributed by atoms with Gasteiger partial charge in [0.2, 0.25) is 0 Å².